The van der Waals surface area contributed by atoms with Crippen molar-refractivity contribution in [2.24, 2.45) is 11.8 Å². The molecule has 0 aliphatic carbocycles. The molecule has 0 amide bonds. The van der Waals surface area contributed by atoms with Crippen LogP contribution >= 0.6 is 0 Å². The van der Waals surface area contributed by atoms with Gasteiger partial charge in [0, 0.05) is 56.3 Å². The molecule has 0 spiro atoms. The third-order valence-corrected chi connectivity index (χ3v) is 4.37. The van der Waals surface area contributed by atoms with Gasteiger partial charge in [-0.3, -0.25) is 4.90 Å². The molecule has 2 atom stereocenters. The number of benzene rings is 1. The number of carbonyl (C=O) groups is 1. The van der Waals surface area contributed by atoms with Crippen molar-refractivity contribution in [3.63, 3.8) is 0 Å². The zero-order chi connectivity index (χ0) is 17.0. The lowest BCUT2D eigenvalue weighted by Crippen LogP contribution is -2.23. The normalized spacial score (nSPS) is 21.4. The van der Waals surface area contributed by atoms with E-state index in [2.05, 4.69) is 0 Å². The van der Waals surface area contributed by atoms with Crippen LogP contribution in [0.1, 0.15) is 15.9 Å². The molecule has 1 aliphatic heterocycles. The fourth-order valence-electron chi connectivity index (χ4n) is 3.08. The zero-order valence-electron chi connectivity index (χ0n) is 13.4. The van der Waals surface area contributed by atoms with Crippen LogP contribution in [0.5, 0.6) is 11.5 Å². The standard InChI is InChI=1S/C16H23NO6/c1-22-12-3-13(16(20)21)14(15(4-12)23-2)7-17-5-10(8-18)11(6-17)9-19/h3-4,10-11,18-19H,5-9H2,1-2H3,(H,20,21)/t10-,11-/m0/s1. The van der Waals surface area contributed by atoms with Gasteiger partial charge in [0.25, 0.3) is 0 Å². The lowest BCUT2D eigenvalue weighted by Gasteiger charge is -2.20. The minimum absolute atomic E-state index is 0.00230. The van der Waals surface area contributed by atoms with Gasteiger partial charge >= 0.3 is 5.97 Å². The van der Waals surface area contributed by atoms with E-state index in [4.69, 9.17) is 9.47 Å². The SMILES string of the molecule is COc1cc(OC)c(CN2C[C@@H](CO)[C@H](CO)C2)c(C(=O)O)c1. The average molecular weight is 325 g/mol. The Kier molecular flexibility index (Phi) is 5.81. The first-order valence-corrected chi connectivity index (χ1v) is 7.46. The monoisotopic (exact) mass is 325 g/mol. The molecule has 128 valence electrons. The van der Waals surface area contributed by atoms with Crippen LogP contribution in [-0.4, -0.2) is 66.7 Å². The minimum Gasteiger partial charge on any atom is -0.497 e. The molecule has 0 radical (unpaired) electrons. The predicted octanol–water partition coefficient (Wildman–Crippen LogP) is 0.435. The highest BCUT2D eigenvalue weighted by molar-refractivity contribution is 5.91. The molecule has 0 saturated carbocycles. The maximum atomic E-state index is 11.6. The van der Waals surface area contributed by atoms with E-state index in [1.54, 1.807) is 6.07 Å². The molecule has 0 aromatic heterocycles. The molecule has 2 rings (SSSR count). The second kappa shape index (κ2) is 7.63. The smallest absolute Gasteiger partial charge is 0.336 e. The van der Waals surface area contributed by atoms with Gasteiger partial charge in [-0.1, -0.05) is 0 Å². The lowest BCUT2D eigenvalue weighted by atomic mass is 9.98. The molecule has 1 aromatic carbocycles. The van der Waals surface area contributed by atoms with Gasteiger partial charge in [0.2, 0.25) is 0 Å². The topological polar surface area (TPSA) is 99.5 Å². The number of methoxy groups -OCH3 is 2. The number of carboxylic acids is 1. The van der Waals surface area contributed by atoms with Gasteiger partial charge in [-0.15, -0.1) is 0 Å². The Labute approximate surface area is 135 Å². The third-order valence-electron chi connectivity index (χ3n) is 4.37. The molecule has 1 heterocycles. The number of hydrogen-bond donors (Lipinski definition) is 3. The number of carboxylic acid groups (broad SMARTS) is 1. The highest BCUT2D eigenvalue weighted by atomic mass is 16.5. The van der Waals surface area contributed by atoms with Crippen LogP contribution in [0.2, 0.25) is 0 Å². The zero-order valence-corrected chi connectivity index (χ0v) is 13.4. The van der Waals surface area contributed by atoms with E-state index in [1.807, 2.05) is 4.90 Å². The van der Waals surface area contributed by atoms with Crippen LogP contribution in [0.15, 0.2) is 12.1 Å². The van der Waals surface area contributed by atoms with Crippen molar-refractivity contribution in [1.29, 1.82) is 0 Å². The molecule has 7 heteroatoms. The highest BCUT2D eigenvalue weighted by Gasteiger charge is 2.33. The molecular formula is C16H23NO6. The molecular weight excluding hydrogens is 302 g/mol. The Morgan fingerprint density at radius 2 is 1.78 bits per heavy atom. The van der Waals surface area contributed by atoms with E-state index >= 15 is 0 Å². The van der Waals surface area contributed by atoms with Gasteiger partial charge in [-0.25, -0.2) is 4.79 Å². The van der Waals surface area contributed by atoms with Gasteiger partial charge in [0.05, 0.1) is 19.8 Å². The molecule has 1 aromatic rings. The van der Waals surface area contributed by atoms with Crippen molar-refractivity contribution in [3.8, 4) is 11.5 Å². The first kappa shape index (κ1) is 17.5. The largest absolute Gasteiger partial charge is 0.497 e. The predicted molar refractivity (Wildman–Crippen MR) is 82.9 cm³/mol. The molecule has 23 heavy (non-hydrogen) atoms. The summed E-state index contributed by atoms with van der Waals surface area (Å²) in [6.45, 7) is 1.61. The van der Waals surface area contributed by atoms with Gasteiger partial charge in [-0.05, 0) is 6.07 Å². The minimum atomic E-state index is -1.05. The summed E-state index contributed by atoms with van der Waals surface area (Å²) in [6, 6.07) is 3.13. The summed E-state index contributed by atoms with van der Waals surface area (Å²) in [5.74, 6) is -0.176. The number of aliphatic hydroxyl groups excluding tert-OH is 2. The van der Waals surface area contributed by atoms with E-state index in [-0.39, 0.29) is 30.6 Å². The summed E-state index contributed by atoms with van der Waals surface area (Å²) in [7, 11) is 2.96. The Balaban J connectivity index is 2.30. The van der Waals surface area contributed by atoms with Crippen LogP contribution in [0.25, 0.3) is 0 Å². The molecule has 0 unspecified atom stereocenters. The van der Waals surface area contributed by atoms with Crippen molar-refractivity contribution in [2.75, 3.05) is 40.5 Å². The van der Waals surface area contributed by atoms with Crippen LogP contribution < -0.4 is 9.47 Å². The number of likely N-dealkylation sites (tertiary alicyclic amines) is 1. The molecule has 7 nitrogen and oxygen atoms in total. The Bertz CT molecular complexity index is 550. The van der Waals surface area contributed by atoms with Gasteiger partial charge in [0.15, 0.2) is 0 Å². The average Bonchev–Trinajstić information content (AvgIpc) is 2.96. The maximum Gasteiger partial charge on any atom is 0.336 e. The first-order chi connectivity index (χ1) is 11.0. The number of aliphatic hydroxyl groups is 2. The Hall–Kier alpha value is -1.83. The van der Waals surface area contributed by atoms with E-state index < -0.39 is 5.97 Å². The molecule has 1 aliphatic rings. The van der Waals surface area contributed by atoms with Gasteiger partial charge < -0.3 is 24.8 Å². The number of aromatic carboxylic acids is 1. The Morgan fingerprint density at radius 3 is 2.22 bits per heavy atom. The van der Waals surface area contributed by atoms with Crippen molar-refractivity contribution in [3.05, 3.63) is 23.3 Å². The summed E-state index contributed by atoms with van der Waals surface area (Å²) in [4.78, 5) is 13.6. The third kappa shape index (κ3) is 3.74. The van der Waals surface area contributed by atoms with Crippen molar-refractivity contribution in [1.82, 2.24) is 4.90 Å². The quantitative estimate of drug-likeness (QED) is 0.669. The second-order valence-electron chi connectivity index (χ2n) is 5.74. The first-order valence-electron chi connectivity index (χ1n) is 7.46. The van der Waals surface area contributed by atoms with Gasteiger partial charge in [-0.2, -0.15) is 0 Å². The van der Waals surface area contributed by atoms with E-state index in [0.717, 1.165) is 0 Å². The second-order valence-corrected chi connectivity index (χ2v) is 5.74. The number of nitrogens with zero attached hydrogens (tertiary/aromatic N) is 1. The molecule has 1 saturated heterocycles. The van der Waals surface area contributed by atoms with Crippen LogP contribution in [0, 0.1) is 11.8 Å². The molecule has 0 bridgehead atoms. The fraction of sp³-hybridized carbons (Fsp3) is 0.562. The summed E-state index contributed by atoms with van der Waals surface area (Å²) in [6.07, 6.45) is 0. The lowest BCUT2D eigenvalue weighted by molar-refractivity contribution is 0.0693. The van der Waals surface area contributed by atoms with Crippen molar-refractivity contribution < 1.29 is 29.6 Å². The highest BCUT2D eigenvalue weighted by Crippen LogP contribution is 2.32. The number of ether oxygens (including phenoxy) is 2. The fourth-order valence-corrected chi connectivity index (χ4v) is 3.08. The summed E-state index contributed by atoms with van der Waals surface area (Å²) in [5.41, 5.74) is 0.699. The summed E-state index contributed by atoms with van der Waals surface area (Å²) >= 11 is 0. The molecule has 1 fully saturated rings. The van der Waals surface area contributed by atoms with E-state index in [0.29, 0.717) is 36.7 Å². The summed E-state index contributed by atoms with van der Waals surface area (Å²) in [5, 5.41) is 28.2. The summed E-state index contributed by atoms with van der Waals surface area (Å²) < 4.78 is 10.4. The van der Waals surface area contributed by atoms with E-state index in [9.17, 15) is 20.1 Å². The number of rotatable bonds is 7. The van der Waals surface area contributed by atoms with Crippen molar-refractivity contribution >= 4 is 5.97 Å². The molecule has 3 N–H and O–H groups in total. The van der Waals surface area contributed by atoms with Crippen LogP contribution in [0.3, 0.4) is 0 Å². The van der Waals surface area contributed by atoms with E-state index in [1.165, 1.54) is 20.3 Å². The Morgan fingerprint density at radius 1 is 1.17 bits per heavy atom. The van der Waals surface area contributed by atoms with Gasteiger partial charge in [0.1, 0.15) is 11.5 Å². The number of hydrogen-bond acceptors (Lipinski definition) is 6. The van der Waals surface area contributed by atoms with Crippen molar-refractivity contribution in [2.45, 2.75) is 6.54 Å². The van der Waals surface area contributed by atoms with Crippen LogP contribution in [0.4, 0.5) is 0 Å². The van der Waals surface area contributed by atoms with Crippen LogP contribution in [-0.2, 0) is 6.54 Å². The maximum absolute atomic E-state index is 11.6.